The lowest BCUT2D eigenvalue weighted by atomic mass is 10.7. The average Bonchev–Trinajstić information content (AvgIpc) is 1.80. The van der Waals surface area contributed by atoms with Gasteiger partial charge in [-0.2, -0.15) is 0 Å². The number of halogens is 3. The van der Waals surface area contributed by atoms with Crippen molar-refractivity contribution in [1.82, 2.24) is 6.15 Å². The summed E-state index contributed by atoms with van der Waals surface area (Å²) in [5.74, 6) is -0.891. The molecule has 0 saturated carbocycles. The predicted octanol–water partition coefficient (Wildman–Crippen LogP) is 2.25. The number of hydrogen-bond acceptors (Lipinski definition) is 3. The van der Waals surface area contributed by atoms with E-state index in [1.165, 1.54) is 6.08 Å². The number of alkyl halides is 3. The molecule has 0 bridgehead atoms. The van der Waals surface area contributed by atoms with Crippen molar-refractivity contribution in [2.45, 2.75) is 3.79 Å². The van der Waals surface area contributed by atoms with E-state index >= 15 is 0 Å². The number of ether oxygens (including phenoxy) is 1. The molecular formula is C5H8Cl3NO2. The van der Waals surface area contributed by atoms with Crippen molar-refractivity contribution in [2.75, 3.05) is 6.61 Å². The minimum atomic E-state index is -1.98. The van der Waals surface area contributed by atoms with Crippen LogP contribution >= 0.6 is 34.8 Å². The van der Waals surface area contributed by atoms with Gasteiger partial charge in [0.2, 0.25) is 0 Å². The molecule has 0 rings (SSSR count). The molecule has 6 heteroatoms. The van der Waals surface area contributed by atoms with Gasteiger partial charge in [-0.15, -0.1) is 0 Å². The molecule has 0 atom stereocenters. The Morgan fingerprint density at radius 3 is 2.27 bits per heavy atom. The Hall–Kier alpha value is 0.0400. The van der Waals surface area contributed by atoms with Gasteiger partial charge in [-0.05, 0) is 0 Å². The fourth-order valence-corrected chi connectivity index (χ4v) is 0.380. The first kappa shape index (κ1) is 13.6. The smallest absolute Gasteiger partial charge is 0.358 e. The summed E-state index contributed by atoms with van der Waals surface area (Å²) in [6.07, 6.45) is 1.38. The number of carbonyl (C=O) groups excluding carboxylic acids is 1. The van der Waals surface area contributed by atoms with Gasteiger partial charge < -0.3 is 10.9 Å². The predicted molar refractivity (Wildman–Crippen MR) is 46.5 cm³/mol. The highest BCUT2D eigenvalue weighted by atomic mass is 35.6. The summed E-state index contributed by atoms with van der Waals surface area (Å²) in [6.45, 7) is 3.36. The van der Waals surface area contributed by atoms with E-state index in [0.29, 0.717) is 0 Å². The van der Waals surface area contributed by atoms with Crippen LogP contribution in [0.5, 0.6) is 0 Å². The summed E-state index contributed by atoms with van der Waals surface area (Å²) >= 11 is 15.4. The van der Waals surface area contributed by atoms with Crippen molar-refractivity contribution in [3.8, 4) is 0 Å². The minimum Gasteiger partial charge on any atom is -0.458 e. The van der Waals surface area contributed by atoms with Crippen molar-refractivity contribution >= 4 is 40.8 Å². The molecule has 0 aliphatic heterocycles. The van der Waals surface area contributed by atoms with Gasteiger partial charge in [-0.3, -0.25) is 0 Å². The first-order chi connectivity index (χ1) is 4.48. The Bertz CT molecular complexity index is 143. The van der Waals surface area contributed by atoms with E-state index in [1.54, 1.807) is 0 Å². The Balaban J connectivity index is 0. The Labute approximate surface area is 79.8 Å². The van der Waals surface area contributed by atoms with E-state index in [0.717, 1.165) is 0 Å². The van der Waals surface area contributed by atoms with Crippen LogP contribution in [0.1, 0.15) is 0 Å². The van der Waals surface area contributed by atoms with Crippen LogP contribution < -0.4 is 6.15 Å². The van der Waals surface area contributed by atoms with E-state index in [4.69, 9.17) is 34.8 Å². The van der Waals surface area contributed by atoms with Crippen LogP contribution in [0.15, 0.2) is 12.7 Å². The third-order valence-electron chi connectivity index (χ3n) is 0.564. The number of rotatable bonds is 2. The Morgan fingerprint density at radius 1 is 1.55 bits per heavy atom. The van der Waals surface area contributed by atoms with Crippen LogP contribution in [0, 0.1) is 0 Å². The maximum atomic E-state index is 10.6. The van der Waals surface area contributed by atoms with Gasteiger partial charge in [0.25, 0.3) is 3.79 Å². The molecule has 0 aromatic heterocycles. The monoisotopic (exact) mass is 219 g/mol. The van der Waals surface area contributed by atoms with Crippen LogP contribution in [0.3, 0.4) is 0 Å². The Kier molecular flexibility index (Phi) is 7.01. The fourth-order valence-electron chi connectivity index (χ4n) is 0.216. The molecule has 3 N–H and O–H groups in total. The molecule has 3 nitrogen and oxygen atoms in total. The van der Waals surface area contributed by atoms with Gasteiger partial charge in [0.15, 0.2) is 0 Å². The van der Waals surface area contributed by atoms with E-state index in [9.17, 15) is 4.79 Å². The Morgan fingerprint density at radius 2 is 2.00 bits per heavy atom. The van der Waals surface area contributed by atoms with Crippen molar-refractivity contribution in [2.24, 2.45) is 0 Å². The van der Waals surface area contributed by atoms with Gasteiger partial charge >= 0.3 is 5.97 Å². The first-order valence-electron chi connectivity index (χ1n) is 2.33. The van der Waals surface area contributed by atoms with E-state index in [2.05, 4.69) is 11.3 Å². The molecule has 0 aliphatic carbocycles. The average molecular weight is 220 g/mol. The molecule has 0 radical (unpaired) electrons. The molecule has 66 valence electrons. The lowest BCUT2D eigenvalue weighted by molar-refractivity contribution is -0.141. The molecular weight excluding hydrogens is 212 g/mol. The molecule has 0 unspecified atom stereocenters. The largest absolute Gasteiger partial charge is 0.458 e. The van der Waals surface area contributed by atoms with Crippen LogP contribution in [0.4, 0.5) is 0 Å². The van der Waals surface area contributed by atoms with Crippen LogP contribution in [-0.2, 0) is 9.53 Å². The molecule has 0 amide bonds. The first-order valence-corrected chi connectivity index (χ1v) is 3.46. The zero-order valence-electron chi connectivity index (χ0n) is 5.65. The van der Waals surface area contributed by atoms with Gasteiger partial charge in [0, 0.05) is 0 Å². The highest BCUT2D eigenvalue weighted by Gasteiger charge is 2.32. The zero-order valence-corrected chi connectivity index (χ0v) is 7.92. The number of hydrogen-bond donors (Lipinski definition) is 1. The second kappa shape index (κ2) is 5.66. The molecule has 0 fully saturated rings. The van der Waals surface area contributed by atoms with Gasteiger partial charge in [0.05, 0.1) is 0 Å². The van der Waals surface area contributed by atoms with Crippen molar-refractivity contribution in [3.05, 3.63) is 12.7 Å². The van der Waals surface area contributed by atoms with E-state index in [1.807, 2.05) is 0 Å². The molecule has 0 aromatic rings. The third kappa shape index (κ3) is 6.44. The normalized spacial score (nSPS) is 9.73. The van der Waals surface area contributed by atoms with Crippen molar-refractivity contribution in [3.63, 3.8) is 0 Å². The fraction of sp³-hybridized carbons (Fsp3) is 0.400. The third-order valence-corrected chi connectivity index (χ3v) is 1.03. The number of carbonyl (C=O) groups is 1. The standard InChI is InChI=1S/C5H5Cl3O2.H3N/c1-2-3-10-4(9)5(6,7)8;/h2H,1,3H2;1H3. The topological polar surface area (TPSA) is 61.3 Å². The molecule has 0 saturated heterocycles. The lowest BCUT2D eigenvalue weighted by Crippen LogP contribution is -2.21. The SMILES string of the molecule is C=CCOC(=O)C(Cl)(Cl)Cl.N. The van der Waals surface area contributed by atoms with Gasteiger partial charge in [0.1, 0.15) is 6.61 Å². The van der Waals surface area contributed by atoms with Crippen LogP contribution in [0.25, 0.3) is 0 Å². The maximum absolute atomic E-state index is 10.6. The van der Waals surface area contributed by atoms with E-state index in [-0.39, 0.29) is 12.8 Å². The summed E-state index contributed by atoms with van der Waals surface area (Å²) in [6, 6.07) is 0. The highest BCUT2D eigenvalue weighted by Crippen LogP contribution is 2.27. The minimum absolute atomic E-state index is 0. The molecule has 11 heavy (non-hydrogen) atoms. The van der Waals surface area contributed by atoms with Gasteiger partial charge in [-0.1, -0.05) is 47.5 Å². The van der Waals surface area contributed by atoms with Crippen LogP contribution in [-0.4, -0.2) is 16.4 Å². The molecule has 0 spiro atoms. The maximum Gasteiger partial charge on any atom is 0.358 e. The lowest BCUT2D eigenvalue weighted by Gasteiger charge is -2.07. The van der Waals surface area contributed by atoms with Gasteiger partial charge in [-0.25, -0.2) is 4.79 Å². The van der Waals surface area contributed by atoms with Crippen molar-refractivity contribution < 1.29 is 9.53 Å². The van der Waals surface area contributed by atoms with Crippen LogP contribution in [0.2, 0.25) is 0 Å². The number of esters is 1. The molecule has 0 heterocycles. The summed E-state index contributed by atoms with van der Waals surface area (Å²) < 4.78 is 2.42. The molecule has 0 aromatic carbocycles. The quantitative estimate of drug-likeness (QED) is 0.441. The second-order valence-electron chi connectivity index (χ2n) is 1.38. The summed E-state index contributed by atoms with van der Waals surface area (Å²) in [7, 11) is 0. The summed E-state index contributed by atoms with van der Waals surface area (Å²) in [5.41, 5.74) is 0. The summed E-state index contributed by atoms with van der Waals surface area (Å²) in [5, 5.41) is 0. The van der Waals surface area contributed by atoms with Crippen molar-refractivity contribution in [1.29, 1.82) is 0 Å². The molecule has 0 aliphatic rings. The second-order valence-corrected chi connectivity index (χ2v) is 3.67. The highest BCUT2D eigenvalue weighted by molar-refractivity contribution is 6.75. The zero-order chi connectivity index (χ0) is 8.20. The summed E-state index contributed by atoms with van der Waals surface area (Å²) in [4.78, 5) is 10.6. The van der Waals surface area contributed by atoms with E-state index < -0.39 is 9.76 Å².